The van der Waals surface area contributed by atoms with E-state index in [4.69, 9.17) is 0 Å². The van der Waals surface area contributed by atoms with Crippen molar-refractivity contribution in [1.29, 1.82) is 0 Å². The molecule has 3 aliphatic carbocycles. The topological polar surface area (TPSA) is 46.2 Å². The lowest BCUT2D eigenvalue weighted by atomic mass is 9.47. The second-order valence-electron chi connectivity index (χ2n) is 10.1. The molecule has 1 heterocycles. The van der Waals surface area contributed by atoms with Gasteiger partial charge in [-0.25, -0.2) is 0 Å². The highest BCUT2D eigenvalue weighted by Crippen LogP contribution is 2.65. The minimum Gasteiger partial charge on any atom is -0.349 e. The van der Waals surface area contributed by atoms with Gasteiger partial charge in [-0.2, -0.15) is 13.2 Å². The van der Waals surface area contributed by atoms with E-state index in [1.54, 1.807) is 6.08 Å². The molecule has 1 N–H and O–H groups in total. The van der Waals surface area contributed by atoms with Gasteiger partial charge in [-0.1, -0.05) is 19.9 Å². The first kappa shape index (κ1) is 20.0. The van der Waals surface area contributed by atoms with Crippen molar-refractivity contribution < 1.29 is 22.8 Å². The van der Waals surface area contributed by atoms with Crippen LogP contribution in [0.1, 0.15) is 59.3 Å². The average Bonchev–Trinajstić information content (AvgIpc) is 2.97. The molecule has 0 spiro atoms. The molecule has 156 valence electrons. The van der Waals surface area contributed by atoms with E-state index in [2.05, 4.69) is 25.2 Å². The molecule has 3 fully saturated rings. The monoisotopic (exact) mass is 397 g/mol. The highest BCUT2D eigenvalue weighted by atomic mass is 19.4. The fourth-order valence-corrected chi connectivity index (χ4v) is 7.26. The molecule has 6 heteroatoms. The van der Waals surface area contributed by atoms with Crippen LogP contribution in [0.4, 0.5) is 13.2 Å². The molecule has 4 rings (SSSR count). The number of hydrogen-bond acceptors (Lipinski definition) is 2. The van der Waals surface area contributed by atoms with Crippen LogP contribution >= 0.6 is 0 Å². The first-order chi connectivity index (χ1) is 13.0. The van der Waals surface area contributed by atoms with E-state index in [9.17, 15) is 22.8 Å². The number of alkyl halides is 3. The second-order valence-corrected chi connectivity index (χ2v) is 10.1. The number of rotatable bonds is 2. The summed E-state index contributed by atoms with van der Waals surface area (Å²) in [4.78, 5) is 24.5. The molecule has 0 radical (unpaired) electrons. The molecule has 4 aliphatic rings. The zero-order valence-electron chi connectivity index (χ0n) is 16.8. The number of amides is 1. The first-order valence-corrected chi connectivity index (χ1v) is 10.6. The van der Waals surface area contributed by atoms with Gasteiger partial charge in [-0.15, -0.1) is 0 Å². The van der Waals surface area contributed by atoms with Gasteiger partial charge in [0.1, 0.15) is 11.7 Å². The van der Waals surface area contributed by atoms with Crippen molar-refractivity contribution in [2.75, 3.05) is 0 Å². The Morgan fingerprint density at radius 3 is 2.54 bits per heavy atom. The largest absolute Gasteiger partial charge is 0.398 e. The Bertz CT molecular complexity index is 717. The predicted molar refractivity (Wildman–Crippen MR) is 99.2 cm³/mol. The SMILES string of the molecule is CC(C(=O)[C@H]1CC[C@H]2[C@@H]3CC[C@H]4NC(=O)C=C[C@]4(C)[C@H]3CC[C@]12C)C(F)(F)F. The smallest absolute Gasteiger partial charge is 0.349 e. The van der Waals surface area contributed by atoms with Crippen LogP contribution in [0.3, 0.4) is 0 Å². The number of carbonyl (C=O) groups excluding carboxylic acids is 2. The molecule has 0 aromatic carbocycles. The summed E-state index contributed by atoms with van der Waals surface area (Å²) in [6, 6.07) is 0.139. The van der Waals surface area contributed by atoms with Crippen LogP contribution in [0.5, 0.6) is 0 Å². The number of Topliss-reactive ketones (excluding diaryl/α,β-unsaturated/α-hetero) is 1. The summed E-state index contributed by atoms with van der Waals surface area (Å²) < 4.78 is 39.5. The molecular weight excluding hydrogens is 367 g/mol. The summed E-state index contributed by atoms with van der Waals surface area (Å²) in [7, 11) is 0. The van der Waals surface area contributed by atoms with Gasteiger partial charge in [-0.05, 0) is 74.7 Å². The number of hydrogen-bond donors (Lipinski definition) is 1. The zero-order chi connectivity index (χ0) is 20.5. The highest BCUT2D eigenvalue weighted by Gasteiger charge is 2.62. The van der Waals surface area contributed by atoms with Crippen molar-refractivity contribution in [3.05, 3.63) is 12.2 Å². The summed E-state index contributed by atoms with van der Waals surface area (Å²) in [6.07, 6.45) is 4.26. The lowest BCUT2D eigenvalue weighted by Gasteiger charge is -2.58. The summed E-state index contributed by atoms with van der Waals surface area (Å²) in [5.41, 5.74) is -0.428. The van der Waals surface area contributed by atoms with Crippen LogP contribution in [0.2, 0.25) is 0 Å². The second kappa shape index (κ2) is 6.33. The maximum atomic E-state index is 13.2. The molecule has 8 atom stereocenters. The van der Waals surface area contributed by atoms with Gasteiger partial charge < -0.3 is 5.32 Å². The minimum atomic E-state index is -4.46. The van der Waals surface area contributed by atoms with Crippen molar-refractivity contribution in [2.45, 2.75) is 71.5 Å². The summed E-state index contributed by atoms with van der Waals surface area (Å²) in [5, 5.41) is 3.11. The Hall–Kier alpha value is -1.33. The number of halogens is 3. The van der Waals surface area contributed by atoms with Crippen molar-refractivity contribution >= 4 is 11.7 Å². The van der Waals surface area contributed by atoms with Gasteiger partial charge in [0.15, 0.2) is 0 Å². The van der Waals surface area contributed by atoms with Crippen molar-refractivity contribution in [1.82, 2.24) is 5.32 Å². The first-order valence-electron chi connectivity index (χ1n) is 10.6. The van der Waals surface area contributed by atoms with Crippen molar-refractivity contribution in [3.8, 4) is 0 Å². The van der Waals surface area contributed by atoms with Gasteiger partial charge in [-0.3, -0.25) is 9.59 Å². The molecule has 0 saturated heterocycles. The Labute approximate surface area is 164 Å². The third kappa shape index (κ3) is 2.77. The Kier molecular flexibility index (Phi) is 4.51. The minimum absolute atomic E-state index is 0.0331. The fraction of sp³-hybridized carbons (Fsp3) is 0.818. The van der Waals surface area contributed by atoms with Crippen LogP contribution in [0.25, 0.3) is 0 Å². The molecule has 1 unspecified atom stereocenters. The highest BCUT2D eigenvalue weighted by molar-refractivity contribution is 5.89. The normalized spacial score (nSPS) is 46.2. The van der Waals surface area contributed by atoms with Crippen LogP contribution in [0.15, 0.2) is 12.2 Å². The van der Waals surface area contributed by atoms with Gasteiger partial charge in [0.05, 0.1) is 0 Å². The molecular formula is C22H30F3NO2. The van der Waals surface area contributed by atoms with Gasteiger partial charge >= 0.3 is 6.18 Å². The molecule has 0 aromatic heterocycles. The maximum absolute atomic E-state index is 13.2. The van der Waals surface area contributed by atoms with Crippen LogP contribution in [0, 0.1) is 40.4 Å². The lowest BCUT2D eigenvalue weighted by molar-refractivity contribution is -0.183. The third-order valence-corrected chi connectivity index (χ3v) is 8.95. The lowest BCUT2D eigenvalue weighted by Crippen LogP contribution is -2.59. The van der Waals surface area contributed by atoms with Crippen LogP contribution in [-0.4, -0.2) is 23.9 Å². The molecule has 0 bridgehead atoms. The maximum Gasteiger partial charge on any atom is 0.398 e. The van der Waals surface area contributed by atoms with Crippen LogP contribution < -0.4 is 5.32 Å². The molecule has 1 aliphatic heterocycles. The van der Waals surface area contributed by atoms with E-state index < -0.39 is 23.8 Å². The van der Waals surface area contributed by atoms with Crippen LogP contribution in [-0.2, 0) is 9.59 Å². The van der Waals surface area contributed by atoms with E-state index in [-0.39, 0.29) is 22.8 Å². The summed E-state index contributed by atoms with van der Waals surface area (Å²) in [6.45, 7) is 5.31. The van der Waals surface area contributed by atoms with Crippen molar-refractivity contribution in [3.63, 3.8) is 0 Å². The number of nitrogens with one attached hydrogen (secondary N) is 1. The van der Waals surface area contributed by atoms with E-state index in [0.717, 1.165) is 39.0 Å². The van der Waals surface area contributed by atoms with E-state index in [1.807, 2.05) is 0 Å². The van der Waals surface area contributed by atoms with Gasteiger partial charge in [0, 0.05) is 17.4 Å². The Morgan fingerprint density at radius 1 is 1.14 bits per heavy atom. The molecule has 3 saturated carbocycles. The number of ketones is 1. The quantitative estimate of drug-likeness (QED) is 0.736. The standard InChI is InChI=1S/C22H30F3NO2/c1-12(22(23,24)25)19(28)16-6-5-14-13-4-7-17-21(3,11-9-18(27)26-17)15(13)8-10-20(14,16)2/h9,11-17H,4-8,10H2,1-3H3,(H,26,27)/t12?,13-,14-,15-,16+,17+,20-,21+/m0/s1. The number of carbonyl (C=O) groups is 2. The summed E-state index contributed by atoms with van der Waals surface area (Å²) >= 11 is 0. The van der Waals surface area contributed by atoms with E-state index in [0.29, 0.717) is 24.2 Å². The fourth-order valence-electron chi connectivity index (χ4n) is 7.26. The Balaban J connectivity index is 1.60. The third-order valence-electron chi connectivity index (χ3n) is 8.95. The Morgan fingerprint density at radius 2 is 1.86 bits per heavy atom. The molecule has 0 aromatic rings. The zero-order valence-corrected chi connectivity index (χ0v) is 16.8. The predicted octanol–water partition coefficient (Wildman–Crippen LogP) is 4.67. The summed E-state index contributed by atoms with van der Waals surface area (Å²) in [5.74, 6) is -1.88. The molecule has 28 heavy (non-hydrogen) atoms. The van der Waals surface area contributed by atoms with Gasteiger partial charge in [0.2, 0.25) is 5.91 Å². The van der Waals surface area contributed by atoms with Gasteiger partial charge in [0.25, 0.3) is 0 Å². The number of fused-ring (bicyclic) bond motifs is 5. The molecule has 3 nitrogen and oxygen atoms in total. The van der Waals surface area contributed by atoms with Crippen molar-refractivity contribution in [2.24, 2.45) is 40.4 Å². The molecule has 1 amide bonds. The average molecular weight is 397 g/mol. The van der Waals surface area contributed by atoms with E-state index >= 15 is 0 Å². The van der Waals surface area contributed by atoms with E-state index in [1.165, 1.54) is 0 Å².